The maximum absolute atomic E-state index is 12.0. The molecule has 0 aromatic carbocycles. The fraction of sp³-hybridized carbons (Fsp3) is 0.600. The summed E-state index contributed by atoms with van der Waals surface area (Å²) >= 11 is 1.59. The van der Waals surface area contributed by atoms with Gasteiger partial charge in [-0.2, -0.15) is 4.31 Å². The van der Waals surface area contributed by atoms with Gasteiger partial charge in [0.05, 0.1) is 5.75 Å². The van der Waals surface area contributed by atoms with Crippen molar-refractivity contribution in [1.82, 2.24) is 4.31 Å². The average Bonchev–Trinajstić information content (AvgIpc) is 2.92. The van der Waals surface area contributed by atoms with Crippen LogP contribution in [0.4, 0.5) is 0 Å². The van der Waals surface area contributed by atoms with Crippen LogP contribution in [0.3, 0.4) is 0 Å². The Morgan fingerprint density at radius 2 is 2.25 bits per heavy atom. The quantitative estimate of drug-likeness (QED) is 0.830. The van der Waals surface area contributed by atoms with Crippen LogP contribution in [0.25, 0.3) is 0 Å². The summed E-state index contributed by atoms with van der Waals surface area (Å²) in [6.07, 6.45) is 1.96. The van der Waals surface area contributed by atoms with Crippen molar-refractivity contribution < 1.29 is 8.42 Å². The fourth-order valence-electron chi connectivity index (χ4n) is 1.64. The third-order valence-electron chi connectivity index (χ3n) is 2.58. The summed E-state index contributed by atoms with van der Waals surface area (Å²) in [6, 6.07) is 4.12. The van der Waals surface area contributed by atoms with Crippen LogP contribution < -0.4 is 5.73 Å². The van der Waals surface area contributed by atoms with E-state index in [4.69, 9.17) is 5.73 Å². The van der Waals surface area contributed by atoms with Gasteiger partial charge in [0.1, 0.15) is 0 Å². The second-order valence-corrected chi connectivity index (χ2v) is 7.03. The lowest BCUT2D eigenvalue weighted by atomic mass is 10.4. The Labute approximate surface area is 100 Å². The van der Waals surface area contributed by atoms with Gasteiger partial charge in [0.25, 0.3) is 0 Å². The molecule has 0 amide bonds. The van der Waals surface area contributed by atoms with Crippen LogP contribution in [-0.2, 0) is 16.6 Å². The predicted molar refractivity (Wildman–Crippen MR) is 65.7 cm³/mol. The van der Waals surface area contributed by atoms with E-state index in [2.05, 4.69) is 0 Å². The van der Waals surface area contributed by atoms with Crippen molar-refractivity contribution in [3.05, 3.63) is 22.4 Å². The Bertz CT molecular complexity index is 424. The molecule has 1 aliphatic rings. The number of nitrogens with zero attached hydrogens (tertiary/aromatic N) is 1. The molecule has 0 unspecified atom stereocenters. The Morgan fingerprint density at radius 3 is 2.75 bits per heavy atom. The van der Waals surface area contributed by atoms with Gasteiger partial charge in [0.2, 0.25) is 10.0 Å². The third-order valence-corrected chi connectivity index (χ3v) is 5.33. The molecule has 1 aliphatic carbocycles. The minimum absolute atomic E-state index is 0.0505. The number of sulfonamides is 1. The number of nitrogens with two attached hydrogens (primary N) is 1. The first-order valence-corrected chi connectivity index (χ1v) is 7.84. The van der Waals surface area contributed by atoms with Crippen LogP contribution in [-0.4, -0.2) is 31.1 Å². The topological polar surface area (TPSA) is 63.4 Å². The van der Waals surface area contributed by atoms with Crippen molar-refractivity contribution in [2.75, 3.05) is 12.3 Å². The summed E-state index contributed by atoms with van der Waals surface area (Å²) in [5, 5.41) is 1.97. The molecule has 2 N–H and O–H groups in total. The summed E-state index contributed by atoms with van der Waals surface area (Å²) < 4.78 is 25.6. The molecule has 0 spiro atoms. The van der Waals surface area contributed by atoms with Crippen LogP contribution in [0.5, 0.6) is 0 Å². The van der Waals surface area contributed by atoms with Gasteiger partial charge in [0, 0.05) is 24.0 Å². The Hall–Kier alpha value is -0.430. The smallest absolute Gasteiger partial charge is 0.215 e. The molecule has 2 rings (SSSR count). The van der Waals surface area contributed by atoms with Gasteiger partial charge in [-0.15, -0.1) is 11.3 Å². The zero-order chi connectivity index (χ0) is 11.6. The molecule has 4 nitrogen and oxygen atoms in total. The van der Waals surface area contributed by atoms with Crippen molar-refractivity contribution in [3.63, 3.8) is 0 Å². The van der Waals surface area contributed by atoms with Gasteiger partial charge >= 0.3 is 0 Å². The van der Waals surface area contributed by atoms with E-state index in [0.717, 1.165) is 17.7 Å². The normalized spacial score (nSPS) is 16.9. The van der Waals surface area contributed by atoms with Gasteiger partial charge in [-0.1, -0.05) is 6.07 Å². The van der Waals surface area contributed by atoms with Gasteiger partial charge in [0.15, 0.2) is 0 Å². The van der Waals surface area contributed by atoms with Gasteiger partial charge in [-0.25, -0.2) is 8.42 Å². The number of hydrogen-bond donors (Lipinski definition) is 1. The standard InChI is InChI=1S/C10H16N2O2S2/c11-5-7-16(13,14)12(9-3-4-9)8-10-2-1-6-15-10/h1-2,6,9H,3-5,7-8,11H2. The molecule has 0 saturated heterocycles. The van der Waals surface area contributed by atoms with Crippen LogP contribution in [0, 0.1) is 0 Å². The Kier molecular flexibility index (Phi) is 3.63. The summed E-state index contributed by atoms with van der Waals surface area (Å²) in [4.78, 5) is 1.09. The lowest BCUT2D eigenvalue weighted by Crippen LogP contribution is -2.36. The highest BCUT2D eigenvalue weighted by atomic mass is 32.2. The fourth-order valence-corrected chi connectivity index (χ4v) is 3.96. The molecule has 1 fully saturated rings. The molecule has 0 bridgehead atoms. The van der Waals surface area contributed by atoms with E-state index in [1.165, 1.54) is 0 Å². The van der Waals surface area contributed by atoms with Crippen molar-refractivity contribution in [2.24, 2.45) is 5.73 Å². The Balaban J connectivity index is 2.11. The van der Waals surface area contributed by atoms with Crippen LogP contribution in [0.15, 0.2) is 17.5 Å². The molecule has 1 saturated carbocycles. The van der Waals surface area contributed by atoms with Crippen molar-refractivity contribution in [3.8, 4) is 0 Å². The van der Waals surface area contributed by atoms with Crippen LogP contribution in [0.2, 0.25) is 0 Å². The first-order valence-electron chi connectivity index (χ1n) is 5.35. The number of rotatable bonds is 6. The molecule has 1 heterocycles. The molecular weight excluding hydrogens is 244 g/mol. The molecule has 0 radical (unpaired) electrons. The monoisotopic (exact) mass is 260 g/mol. The van der Waals surface area contributed by atoms with E-state index in [0.29, 0.717) is 6.54 Å². The maximum atomic E-state index is 12.0. The van der Waals surface area contributed by atoms with E-state index in [9.17, 15) is 8.42 Å². The Morgan fingerprint density at radius 1 is 1.50 bits per heavy atom. The molecule has 1 aromatic heterocycles. The van der Waals surface area contributed by atoms with Crippen molar-refractivity contribution in [2.45, 2.75) is 25.4 Å². The second-order valence-electron chi connectivity index (χ2n) is 3.96. The highest BCUT2D eigenvalue weighted by Crippen LogP contribution is 2.31. The summed E-state index contributed by atoms with van der Waals surface area (Å²) in [5.74, 6) is 0.0505. The van der Waals surface area contributed by atoms with Crippen molar-refractivity contribution >= 4 is 21.4 Å². The lowest BCUT2D eigenvalue weighted by Gasteiger charge is -2.20. The summed E-state index contributed by atoms with van der Waals surface area (Å²) in [7, 11) is -3.17. The zero-order valence-corrected chi connectivity index (χ0v) is 10.6. The number of hydrogen-bond acceptors (Lipinski definition) is 4. The lowest BCUT2D eigenvalue weighted by molar-refractivity contribution is 0.402. The highest BCUT2D eigenvalue weighted by molar-refractivity contribution is 7.89. The molecule has 0 aliphatic heterocycles. The average molecular weight is 260 g/mol. The van der Waals surface area contributed by atoms with E-state index in [1.54, 1.807) is 15.6 Å². The first kappa shape index (κ1) is 12.0. The molecule has 90 valence electrons. The van der Waals surface area contributed by atoms with Gasteiger partial charge in [-0.3, -0.25) is 0 Å². The summed E-state index contributed by atoms with van der Waals surface area (Å²) in [5.41, 5.74) is 5.34. The van der Waals surface area contributed by atoms with E-state index < -0.39 is 10.0 Å². The highest BCUT2D eigenvalue weighted by Gasteiger charge is 2.36. The first-order chi connectivity index (χ1) is 7.63. The molecular formula is C10H16N2O2S2. The van der Waals surface area contributed by atoms with Gasteiger partial charge in [-0.05, 0) is 24.3 Å². The molecule has 0 atom stereocenters. The zero-order valence-electron chi connectivity index (χ0n) is 9.00. The third kappa shape index (κ3) is 2.82. The van der Waals surface area contributed by atoms with Gasteiger partial charge < -0.3 is 5.73 Å². The van der Waals surface area contributed by atoms with E-state index in [-0.39, 0.29) is 18.3 Å². The van der Waals surface area contributed by atoms with Crippen LogP contribution in [0.1, 0.15) is 17.7 Å². The molecule has 1 aromatic rings. The minimum Gasteiger partial charge on any atom is -0.329 e. The predicted octanol–water partition coefficient (Wildman–Crippen LogP) is 1.00. The SMILES string of the molecule is NCCS(=O)(=O)N(Cc1cccs1)C1CC1. The molecule has 16 heavy (non-hydrogen) atoms. The van der Waals surface area contributed by atoms with Crippen molar-refractivity contribution in [1.29, 1.82) is 0 Å². The van der Waals surface area contributed by atoms with E-state index in [1.807, 2.05) is 17.5 Å². The maximum Gasteiger partial charge on any atom is 0.215 e. The minimum atomic E-state index is -3.17. The largest absolute Gasteiger partial charge is 0.329 e. The van der Waals surface area contributed by atoms with E-state index >= 15 is 0 Å². The second kappa shape index (κ2) is 4.83. The number of thiophene rings is 1. The van der Waals surface area contributed by atoms with Crippen LogP contribution >= 0.6 is 11.3 Å². The summed E-state index contributed by atoms with van der Waals surface area (Å²) in [6.45, 7) is 0.695. The molecule has 6 heteroatoms.